The maximum atomic E-state index is 10.7. The highest BCUT2D eigenvalue weighted by Crippen LogP contribution is 2.25. The normalized spacial score (nSPS) is 11.1. The third kappa shape index (κ3) is 9.73. The fourth-order valence-corrected chi connectivity index (χ4v) is 3.42. The van der Waals surface area contributed by atoms with Crippen LogP contribution in [0.25, 0.3) is 11.1 Å². The van der Waals surface area contributed by atoms with E-state index in [4.69, 9.17) is 19.3 Å². The quantitative estimate of drug-likeness (QED) is 0.312. The smallest absolute Gasteiger partial charge is 0.303 e. The maximum Gasteiger partial charge on any atom is 0.303 e. The van der Waals surface area contributed by atoms with Crippen molar-refractivity contribution in [3.05, 3.63) is 77.9 Å². The average molecular weight is 479 g/mol. The van der Waals surface area contributed by atoms with E-state index in [0.717, 1.165) is 45.9 Å². The molecule has 0 amide bonds. The summed E-state index contributed by atoms with van der Waals surface area (Å²) in [7, 11) is 1.66. The molecule has 1 unspecified atom stereocenters. The number of rotatable bonds is 11. The summed E-state index contributed by atoms with van der Waals surface area (Å²) in [6, 6.07) is 21.8. The van der Waals surface area contributed by atoms with Gasteiger partial charge in [0.2, 0.25) is 0 Å². The zero-order chi connectivity index (χ0) is 25.6. The molecule has 0 saturated carbocycles. The summed E-state index contributed by atoms with van der Waals surface area (Å²) in [5.41, 5.74) is 4.33. The van der Waals surface area contributed by atoms with Crippen LogP contribution in [0.4, 0.5) is 0 Å². The van der Waals surface area contributed by atoms with Crippen molar-refractivity contribution in [3.63, 3.8) is 0 Å². The van der Waals surface area contributed by atoms with E-state index in [1.54, 1.807) is 7.11 Å². The van der Waals surface area contributed by atoms with Gasteiger partial charge in [-0.05, 0) is 78.9 Å². The standard InChI is InChI=1S/C27H30O5.C3H8/c1-19-18-26(14-4-21(19)9-15-27(28)29)31-17-16-20(2)32-25-12-7-23(8-13-25)22-5-10-24(30-3)11-6-22;1-3-2/h4-8,10-14,18,20H,9,15-17H2,1-3H3,(H,28,29);3H2,1-2H3. The van der Waals surface area contributed by atoms with E-state index in [1.807, 2.05) is 68.4 Å². The van der Waals surface area contributed by atoms with Gasteiger partial charge < -0.3 is 19.3 Å². The lowest BCUT2D eigenvalue weighted by atomic mass is 10.0. The van der Waals surface area contributed by atoms with Crippen LogP contribution in [-0.4, -0.2) is 30.9 Å². The van der Waals surface area contributed by atoms with E-state index in [2.05, 4.69) is 26.0 Å². The minimum Gasteiger partial charge on any atom is -0.497 e. The minimum absolute atomic E-state index is 0.0118. The first-order chi connectivity index (χ1) is 16.9. The number of carbonyl (C=O) groups is 1. The summed E-state index contributed by atoms with van der Waals surface area (Å²) in [5, 5.41) is 8.84. The average Bonchev–Trinajstić information content (AvgIpc) is 2.84. The van der Waals surface area contributed by atoms with Crippen molar-refractivity contribution in [3.8, 4) is 28.4 Å². The lowest BCUT2D eigenvalue weighted by Crippen LogP contribution is -2.15. The van der Waals surface area contributed by atoms with Crippen LogP contribution in [0.3, 0.4) is 0 Å². The topological polar surface area (TPSA) is 65.0 Å². The van der Waals surface area contributed by atoms with Crippen LogP contribution in [0.1, 0.15) is 51.2 Å². The summed E-state index contributed by atoms with van der Waals surface area (Å²) in [6.07, 6.45) is 2.68. The van der Waals surface area contributed by atoms with Crippen molar-refractivity contribution in [2.45, 2.75) is 59.5 Å². The van der Waals surface area contributed by atoms with Gasteiger partial charge in [0, 0.05) is 12.8 Å². The molecule has 5 heteroatoms. The van der Waals surface area contributed by atoms with Gasteiger partial charge in [-0.2, -0.15) is 0 Å². The van der Waals surface area contributed by atoms with E-state index in [0.29, 0.717) is 13.0 Å². The first kappa shape index (κ1) is 27.8. The van der Waals surface area contributed by atoms with Crippen molar-refractivity contribution in [1.82, 2.24) is 0 Å². The molecule has 0 fully saturated rings. The molecule has 0 saturated heterocycles. The van der Waals surface area contributed by atoms with Crippen molar-refractivity contribution >= 4 is 5.97 Å². The molecule has 0 bridgehead atoms. The lowest BCUT2D eigenvalue weighted by Gasteiger charge is -2.16. The summed E-state index contributed by atoms with van der Waals surface area (Å²) in [5.74, 6) is 1.68. The second-order valence-electron chi connectivity index (χ2n) is 8.51. The number of benzene rings is 3. The number of aryl methyl sites for hydroxylation is 2. The molecular weight excluding hydrogens is 440 g/mol. The summed E-state index contributed by atoms with van der Waals surface area (Å²) in [4.78, 5) is 10.7. The number of carboxylic acid groups (broad SMARTS) is 1. The van der Waals surface area contributed by atoms with Gasteiger partial charge in [-0.25, -0.2) is 0 Å². The molecule has 3 aromatic carbocycles. The number of hydrogen-bond acceptors (Lipinski definition) is 4. The van der Waals surface area contributed by atoms with E-state index >= 15 is 0 Å². The van der Waals surface area contributed by atoms with Crippen LogP contribution >= 0.6 is 0 Å². The molecule has 0 radical (unpaired) electrons. The van der Waals surface area contributed by atoms with Crippen molar-refractivity contribution in [2.75, 3.05) is 13.7 Å². The Balaban J connectivity index is 0.00000137. The number of aliphatic carboxylic acids is 1. The number of carboxylic acids is 1. The Bertz CT molecular complexity index is 1030. The molecule has 188 valence electrons. The van der Waals surface area contributed by atoms with Crippen LogP contribution < -0.4 is 14.2 Å². The van der Waals surface area contributed by atoms with Crippen LogP contribution in [0.5, 0.6) is 17.2 Å². The fraction of sp³-hybridized carbons (Fsp3) is 0.367. The largest absolute Gasteiger partial charge is 0.497 e. The van der Waals surface area contributed by atoms with Gasteiger partial charge in [0.05, 0.1) is 19.8 Å². The molecule has 0 aliphatic carbocycles. The molecule has 0 aromatic heterocycles. The van der Waals surface area contributed by atoms with Crippen LogP contribution in [0.15, 0.2) is 66.7 Å². The Labute approximate surface area is 209 Å². The van der Waals surface area contributed by atoms with Crippen LogP contribution in [0.2, 0.25) is 0 Å². The van der Waals surface area contributed by atoms with Crippen LogP contribution in [0, 0.1) is 6.92 Å². The molecule has 1 N–H and O–H groups in total. The lowest BCUT2D eigenvalue weighted by molar-refractivity contribution is -0.136. The first-order valence-corrected chi connectivity index (χ1v) is 12.2. The summed E-state index contributed by atoms with van der Waals surface area (Å²) < 4.78 is 17.1. The molecule has 3 aromatic rings. The molecule has 0 heterocycles. The van der Waals surface area contributed by atoms with Gasteiger partial charge >= 0.3 is 5.97 Å². The zero-order valence-electron chi connectivity index (χ0n) is 21.5. The second kappa shape index (κ2) is 14.7. The Morgan fingerprint density at radius 2 is 1.43 bits per heavy atom. The van der Waals surface area contributed by atoms with Gasteiger partial charge in [-0.15, -0.1) is 0 Å². The Hall–Kier alpha value is -3.47. The van der Waals surface area contributed by atoms with Crippen molar-refractivity contribution in [1.29, 1.82) is 0 Å². The van der Waals surface area contributed by atoms with Crippen LogP contribution in [-0.2, 0) is 11.2 Å². The number of ether oxygens (including phenoxy) is 3. The third-order valence-corrected chi connectivity index (χ3v) is 5.33. The Morgan fingerprint density at radius 3 is 1.94 bits per heavy atom. The maximum absolute atomic E-state index is 10.7. The van der Waals surface area contributed by atoms with Gasteiger partial charge in [0.1, 0.15) is 17.2 Å². The van der Waals surface area contributed by atoms with Gasteiger partial charge in [0.25, 0.3) is 0 Å². The molecule has 1 atom stereocenters. The van der Waals surface area contributed by atoms with E-state index < -0.39 is 5.97 Å². The molecule has 35 heavy (non-hydrogen) atoms. The highest BCUT2D eigenvalue weighted by molar-refractivity contribution is 5.67. The fourth-order valence-electron chi connectivity index (χ4n) is 3.42. The molecule has 5 nitrogen and oxygen atoms in total. The van der Waals surface area contributed by atoms with Crippen molar-refractivity contribution in [2.24, 2.45) is 0 Å². The molecular formula is C30H38O5. The van der Waals surface area contributed by atoms with Gasteiger partial charge in [0.15, 0.2) is 0 Å². The third-order valence-electron chi connectivity index (χ3n) is 5.33. The predicted molar refractivity (Wildman–Crippen MR) is 142 cm³/mol. The van der Waals surface area contributed by atoms with E-state index in [1.165, 1.54) is 6.42 Å². The highest BCUT2D eigenvalue weighted by Gasteiger charge is 2.08. The van der Waals surface area contributed by atoms with Crippen molar-refractivity contribution < 1.29 is 24.1 Å². The molecule has 3 rings (SSSR count). The Morgan fingerprint density at radius 1 is 0.886 bits per heavy atom. The Kier molecular flexibility index (Phi) is 11.7. The summed E-state index contributed by atoms with van der Waals surface area (Å²) >= 11 is 0. The van der Waals surface area contributed by atoms with Gasteiger partial charge in [-0.3, -0.25) is 4.79 Å². The number of methoxy groups -OCH3 is 1. The number of hydrogen-bond donors (Lipinski definition) is 1. The molecule has 0 aliphatic heterocycles. The molecule has 0 spiro atoms. The molecule has 0 aliphatic rings. The second-order valence-corrected chi connectivity index (χ2v) is 8.51. The minimum atomic E-state index is -0.783. The monoisotopic (exact) mass is 478 g/mol. The first-order valence-electron chi connectivity index (χ1n) is 12.2. The SMILES string of the molecule is CCC.COc1ccc(-c2ccc(OC(C)CCOc3ccc(CCC(=O)O)c(C)c3)cc2)cc1. The summed E-state index contributed by atoms with van der Waals surface area (Å²) in [6.45, 7) is 8.80. The predicted octanol–water partition coefficient (Wildman–Crippen LogP) is 7.34. The van der Waals surface area contributed by atoms with E-state index in [9.17, 15) is 4.79 Å². The van der Waals surface area contributed by atoms with Gasteiger partial charge in [-0.1, -0.05) is 50.6 Å². The zero-order valence-corrected chi connectivity index (χ0v) is 21.5. The highest BCUT2D eigenvalue weighted by atomic mass is 16.5. The van der Waals surface area contributed by atoms with E-state index in [-0.39, 0.29) is 12.5 Å².